The summed E-state index contributed by atoms with van der Waals surface area (Å²) < 4.78 is 12.3. The van der Waals surface area contributed by atoms with Crippen LogP contribution < -0.4 is 10.2 Å². The third kappa shape index (κ3) is 5.23. The number of aromatic nitrogens is 2. The molecule has 0 aromatic carbocycles. The Morgan fingerprint density at radius 1 is 1.58 bits per heavy atom. The number of rotatable bonds is 7. The number of alkyl carbamates (subject to hydrolysis) is 1. The number of aryl methyl sites for hydroxylation is 1. The molecule has 1 aromatic rings. The third-order valence-corrected chi connectivity index (χ3v) is 3.42. The second-order valence-corrected chi connectivity index (χ2v) is 7.04. The van der Waals surface area contributed by atoms with Gasteiger partial charge < -0.3 is 24.5 Å². The first-order valence-corrected chi connectivity index (χ1v) is 8.01. The van der Waals surface area contributed by atoms with Gasteiger partial charge in [-0.25, -0.2) is 9.48 Å². The van der Waals surface area contributed by atoms with E-state index in [0.29, 0.717) is 25.9 Å². The zero-order chi connectivity index (χ0) is 17.9. The standard InChI is InChI=1S/C16H26N4O4/c1-16(2,3)24-15(22)17-11(9-21)6-7-20-14(19(4)5)8-12(18-20)13-10-23-13/h8-9,11,13H,6-7,10H2,1-5H3,(H,17,22). The van der Waals surface area contributed by atoms with Gasteiger partial charge in [0.25, 0.3) is 0 Å². The number of carbonyl (C=O) groups excluding carboxylic acids is 2. The van der Waals surface area contributed by atoms with Crippen LogP contribution in [0.5, 0.6) is 0 Å². The number of nitrogens with zero attached hydrogens (tertiary/aromatic N) is 3. The van der Waals surface area contributed by atoms with Crippen LogP contribution in [0.1, 0.15) is 39.0 Å². The van der Waals surface area contributed by atoms with Crippen LogP contribution >= 0.6 is 0 Å². The molecule has 1 saturated heterocycles. The number of aldehydes is 1. The summed E-state index contributed by atoms with van der Waals surface area (Å²) in [5.41, 5.74) is 0.290. The van der Waals surface area contributed by atoms with Gasteiger partial charge in [0.15, 0.2) is 0 Å². The van der Waals surface area contributed by atoms with Gasteiger partial charge in [-0.2, -0.15) is 5.10 Å². The number of anilines is 1. The molecule has 1 aliphatic rings. The van der Waals surface area contributed by atoms with Crippen molar-refractivity contribution in [3.8, 4) is 0 Å². The molecule has 1 aliphatic heterocycles. The maximum absolute atomic E-state index is 11.8. The van der Waals surface area contributed by atoms with Crippen LogP contribution in [-0.2, 0) is 20.8 Å². The van der Waals surface area contributed by atoms with E-state index >= 15 is 0 Å². The van der Waals surface area contributed by atoms with Crippen molar-refractivity contribution in [1.29, 1.82) is 0 Å². The Morgan fingerprint density at radius 3 is 2.75 bits per heavy atom. The van der Waals surface area contributed by atoms with E-state index in [0.717, 1.165) is 11.5 Å². The monoisotopic (exact) mass is 338 g/mol. The number of nitrogens with one attached hydrogen (secondary N) is 1. The zero-order valence-corrected chi connectivity index (χ0v) is 14.9. The molecular formula is C16H26N4O4. The molecule has 0 bridgehead atoms. The topological polar surface area (TPSA) is 89.0 Å². The lowest BCUT2D eigenvalue weighted by molar-refractivity contribution is -0.109. The molecule has 1 fully saturated rings. The average Bonchev–Trinajstić information content (AvgIpc) is 3.21. The summed E-state index contributed by atoms with van der Waals surface area (Å²) >= 11 is 0. The van der Waals surface area contributed by atoms with Crippen molar-refractivity contribution < 1.29 is 19.1 Å². The second-order valence-electron chi connectivity index (χ2n) is 7.04. The summed E-state index contributed by atoms with van der Waals surface area (Å²) in [4.78, 5) is 25.0. The lowest BCUT2D eigenvalue weighted by Crippen LogP contribution is -2.40. The number of hydrogen-bond acceptors (Lipinski definition) is 6. The van der Waals surface area contributed by atoms with Crippen LogP contribution in [0, 0.1) is 0 Å². The number of hydrogen-bond donors (Lipinski definition) is 1. The fourth-order valence-corrected chi connectivity index (χ4v) is 2.22. The molecule has 0 saturated carbocycles. The molecule has 134 valence electrons. The van der Waals surface area contributed by atoms with Gasteiger partial charge >= 0.3 is 6.09 Å². The van der Waals surface area contributed by atoms with Crippen molar-refractivity contribution in [2.24, 2.45) is 0 Å². The third-order valence-electron chi connectivity index (χ3n) is 3.42. The van der Waals surface area contributed by atoms with Crippen molar-refractivity contribution in [2.75, 3.05) is 25.6 Å². The van der Waals surface area contributed by atoms with Gasteiger partial charge in [-0.15, -0.1) is 0 Å². The summed E-state index contributed by atoms with van der Waals surface area (Å²) in [6.45, 7) is 6.52. The minimum absolute atomic E-state index is 0.0757. The van der Waals surface area contributed by atoms with E-state index in [1.165, 1.54) is 0 Å². The quantitative estimate of drug-likeness (QED) is 0.599. The first kappa shape index (κ1) is 18.3. The van der Waals surface area contributed by atoms with Gasteiger partial charge in [-0.3, -0.25) is 0 Å². The Labute approximate surface area is 142 Å². The smallest absolute Gasteiger partial charge is 0.408 e. The van der Waals surface area contributed by atoms with Gasteiger partial charge in [0, 0.05) is 26.7 Å². The fourth-order valence-electron chi connectivity index (χ4n) is 2.22. The van der Waals surface area contributed by atoms with Gasteiger partial charge in [0.2, 0.25) is 0 Å². The highest BCUT2D eigenvalue weighted by Gasteiger charge is 2.29. The zero-order valence-electron chi connectivity index (χ0n) is 14.9. The number of ether oxygens (including phenoxy) is 2. The highest BCUT2D eigenvalue weighted by Crippen LogP contribution is 2.31. The van der Waals surface area contributed by atoms with Crippen LogP contribution in [-0.4, -0.2) is 54.5 Å². The van der Waals surface area contributed by atoms with Crippen molar-refractivity contribution in [2.45, 2.75) is 51.5 Å². The van der Waals surface area contributed by atoms with Crippen LogP contribution in [0.4, 0.5) is 10.6 Å². The molecule has 2 atom stereocenters. The van der Waals surface area contributed by atoms with Crippen LogP contribution in [0.15, 0.2) is 6.07 Å². The molecule has 0 spiro atoms. The lowest BCUT2D eigenvalue weighted by atomic mass is 10.2. The van der Waals surface area contributed by atoms with Crippen molar-refractivity contribution in [3.05, 3.63) is 11.8 Å². The van der Waals surface area contributed by atoms with Gasteiger partial charge in [-0.1, -0.05) is 0 Å². The van der Waals surface area contributed by atoms with Gasteiger partial charge in [-0.05, 0) is 27.2 Å². The maximum Gasteiger partial charge on any atom is 0.408 e. The molecule has 2 heterocycles. The maximum atomic E-state index is 11.8. The fraction of sp³-hybridized carbons (Fsp3) is 0.688. The van der Waals surface area contributed by atoms with E-state index in [-0.39, 0.29) is 6.10 Å². The second kappa shape index (κ2) is 7.21. The van der Waals surface area contributed by atoms with Crippen LogP contribution in [0.3, 0.4) is 0 Å². The molecule has 1 aromatic heterocycles. The predicted molar refractivity (Wildman–Crippen MR) is 89.1 cm³/mol. The Hall–Kier alpha value is -2.09. The number of carbonyl (C=O) groups is 2. The molecule has 0 aliphatic carbocycles. The van der Waals surface area contributed by atoms with Crippen molar-refractivity contribution >= 4 is 18.2 Å². The Morgan fingerprint density at radius 2 is 2.25 bits per heavy atom. The van der Waals surface area contributed by atoms with Gasteiger partial charge in [0.05, 0.1) is 18.3 Å². The van der Waals surface area contributed by atoms with E-state index in [2.05, 4.69) is 10.4 Å². The first-order chi connectivity index (χ1) is 11.2. The largest absolute Gasteiger partial charge is 0.444 e. The Bertz CT molecular complexity index is 587. The lowest BCUT2D eigenvalue weighted by Gasteiger charge is -2.22. The molecule has 2 rings (SSSR count). The van der Waals surface area contributed by atoms with E-state index in [4.69, 9.17) is 9.47 Å². The molecule has 1 amide bonds. The van der Waals surface area contributed by atoms with Crippen LogP contribution in [0.2, 0.25) is 0 Å². The minimum Gasteiger partial charge on any atom is -0.444 e. The summed E-state index contributed by atoms with van der Waals surface area (Å²) in [6.07, 6.45) is 0.621. The number of epoxide rings is 1. The normalized spacial score (nSPS) is 18.0. The highest BCUT2D eigenvalue weighted by molar-refractivity contribution is 5.73. The van der Waals surface area contributed by atoms with E-state index < -0.39 is 17.7 Å². The average molecular weight is 338 g/mol. The molecular weight excluding hydrogens is 312 g/mol. The van der Waals surface area contributed by atoms with Crippen molar-refractivity contribution in [3.63, 3.8) is 0 Å². The summed E-state index contributed by atoms with van der Waals surface area (Å²) in [6, 6.07) is 1.36. The van der Waals surface area contributed by atoms with E-state index in [9.17, 15) is 9.59 Å². The van der Waals surface area contributed by atoms with E-state index in [1.54, 1.807) is 20.8 Å². The molecule has 8 heteroatoms. The van der Waals surface area contributed by atoms with E-state index in [1.807, 2.05) is 29.7 Å². The number of amides is 1. The van der Waals surface area contributed by atoms with Crippen LogP contribution in [0.25, 0.3) is 0 Å². The molecule has 2 unspecified atom stereocenters. The molecule has 1 N–H and O–H groups in total. The predicted octanol–water partition coefficient (Wildman–Crippen LogP) is 1.50. The molecule has 24 heavy (non-hydrogen) atoms. The summed E-state index contributed by atoms with van der Waals surface area (Å²) in [5.74, 6) is 0.933. The molecule has 8 nitrogen and oxygen atoms in total. The highest BCUT2D eigenvalue weighted by atomic mass is 16.6. The summed E-state index contributed by atoms with van der Waals surface area (Å²) in [5, 5.41) is 7.10. The minimum atomic E-state index is -0.625. The summed E-state index contributed by atoms with van der Waals surface area (Å²) in [7, 11) is 3.86. The van der Waals surface area contributed by atoms with Gasteiger partial charge in [0.1, 0.15) is 23.8 Å². The Kier molecular flexibility index (Phi) is 5.48. The SMILES string of the molecule is CN(C)c1cc(C2CO2)nn1CCC(C=O)NC(=O)OC(C)(C)C. The first-order valence-electron chi connectivity index (χ1n) is 8.01. The Balaban J connectivity index is 1.95. The molecule has 0 radical (unpaired) electrons. The van der Waals surface area contributed by atoms with Crippen molar-refractivity contribution in [1.82, 2.24) is 15.1 Å².